The lowest BCUT2D eigenvalue weighted by molar-refractivity contribution is -0.167. The van der Waals surface area contributed by atoms with Crippen molar-refractivity contribution in [1.29, 1.82) is 0 Å². The van der Waals surface area contributed by atoms with Crippen LogP contribution in [0.3, 0.4) is 0 Å². The first kappa shape index (κ1) is 107. The molecule has 1 aliphatic heterocycles. The predicted molar refractivity (Wildman–Crippen MR) is 485 cm³/mol. The van der Waals surface area contributed by atoms with Gasteiger partial charge in [-0.25, -0.2) is 34.6 Å². The molecule has 3 aromatic heterocycles. The topological polar surface area (TPSA) is 441 Å². The second-order valence-corrected chi connectivity index (χ2v) is 54.7. The van der Waals surface area contributed by atoms with E-state index in [0.29, 0.717) is 146 Å². The van der Waals surface area contributed by atoms with Gasteiger partial charge in [-0.3, -0.25) is 28.9 Å². The Balaban J connectivity index is 1.22. The normalized spacial score (nSPS) is 15.2. The van der Waals surface area contributed by atoms with Gasteiger partial charge in [0.05, 0.1) is 91.4 Å². The van der Waals surface area contributed by atoms with E-state index in [1.165, 1.54) is 6.92 Å². The van der Waals surface area contributed by atoms with Gasteiger partial charge in [-0.05, 0) is 164 Å². The maximum absolute atomic E-state index is 14.7. The van der Waals surface area contributed by atoms with Crippen LogP contribution in [0.25, 0.3) is 20.9 Å². The molecule has 0 saturated carbocycles. The second kappa shape index (κ2) is 58.0. The number of carbonyl (C=O) groups is 6. The summed E-state index contributed by atoms with van der Waals surface area (Å²) in [6, 6.07) is 6.17. The molecular formula is C81H137N17O18S3Si4. The molecule has 1 saturated heterocycles. The number of amides is 4. The van der Waals surface area contributed by atoms with Crippen LogP contribution in [0.5, 0.6) is 5.75 Å². The van der Waals surface area contributed by atoms with Gasteiger partial charge in [0.1, 0.15) is 29.4 Å². The summed E-state index contributed by atoms with van der Waals surface area (Å²) < 4.78 is 64.7. The van der Waals surface area contributed by atoms with Crippen LogP contribution in [0.15, 0.2) is 75.0 Å². The first-order valence-corrected chi connectivity index (χ1v) is 58.1. The SMILES string of the molecule is CCCC(=O)OCN(C(O)[C@H](NC(=O)[C@@H]1CCCCN1C)C(C)CC)[C@@H](C[C@H](OC(C)=O)c1nc(C(=O)N[C@H](Cc2ccc(OC(=O)NCCC[Si](C)(C)O[Si](C)(C)CSc3ncc(COCCOCCOCCN=[N+]=[N-])cn3)cc2)C[C@@H](C)C(=O)NCCC[Si](C)(C)O[Si](C)(C)CSc2ncc(COCCOCCOCCN=[N+]=[N-])cn2)cs1)C(C)C. The second-order valence-electron chi connectivity index (χ2n) is 33.5. The molecule has 2 unspecified atom stereocenters. The number of rotatable bonds is 64. The van der Waals surface area contributed by atoms with Gasteiger partial charge in [-0.2, -0.15) is 0 Å². The minimum absolute atomic E-state index is 0.0441. The Morgan fingerprint density at radius 3 is 1.70 bits per heavy atom. The Morgan fingerprint density at radius 1 is 0.683 bits per heavy atom. The molecule has 35 nitrogen and oxygen atoms in total. The van der Waals surface area contributed by atoms with Gasteiger partial charge in [0.25, 0.3) is 5.91 Å². The third-order valence-electron chi connectivity index (χ3n) is 20.0. The number of azide groups is 2. The molecule has 1 aromatic carbocycles. The summed E-state index contributed by atoms with van der Waals surface area (Å²) in [5.74, 6) is -2.73. The quantitative estimate of drug-likeness (QED) is 0.00315. The Kier molecular flexibility index (Phi) is 50.4. The number of ether oxygens (including phenoxy) is 9. The van der Waals surface area contributed by atoms with Crippen molar-refractivity contribution < 1.29 is 84.7 Å². The third-order valence-corrected chi connectivity index (χ3v) is 40.6. The van der Waals surface area contributed by atoms with Gasteiger partial charge in [0.2, 0.25) is 11.8 Å². The molecule has 4 heterocycles. The summed E-state index contributed by atoms with van der Waals surface area (Å²) in [5, 5.41) is 36.6. The zero-order valence-electron chi connectivity index (χ0n) is 75.2. The maximum atomic E-state index is 14.7. The number of piperidine rings is 1. The van der Waals surface area contributed by atoms with Gasteiger partial charge < -0.3 is 77.2 Å². The highest BCUT2D eigenvalue weighted by molar-refractivity contribution is 8.01. The zero-order chi connectivity index (χ0) is 90.2. The summed E-state index contributed by atoms with van der Waals surface area (Å²) in [7, 11) is -6.85. The first-order chi connectivity index (χ1) is 58.6. The Morgan fingerprint density at radius 2 is 1.20 bits per heavy atom. The lowest BCUT2D eigenvalue weighted by atomic mass is 9.91. The first-order valence-electron chi connectivity index (χ1n) is 42.8. The molecular weight excluding hydrogens is 1710 g/mol. The van der Waals surface area contributed by atoms with Crippen LogP contribution in [-0.2, 0) is 84.9 Å². The standard InChI is InChI=1S/C81H137N17O18S3Si4/c1-17-23-72(100)112-56-98(78(104)73(60(5)18-2)94-76(103)69-24-19-20-33-97(69)8)70(59(3)4)48-71(113-62(7)99)77-93-68(55-117-77)75(102)92-66(46-61(6)74(101)84-29-21-44-120(9,10)115-122(13,14)57-118-79-86-49-64(50-87-79)53-110-42-40-108-38-36-106-34-31-90-95-82)47-63-25-27-67(28-26-63)114-81(105)85-30-22-45-121(11,12)116-123(15,16)58-119-80-88-51-65(52-89-80)54-111-43-41-109-39-37-107-35-32-91-96-83/h25-28,49-52,55,59-61,66,69-71,73,78,104H,17-24,29-48,53-54,56-58H2,1-16H3,(H,84,101)(H,85,105)(H,92,102)(H,94,103)/t60?,61-,66+,69+,70+,71+,73-,78?/m1/s1. The van der Waals surface area contributed by atoms with E-state index in [4.69, 9.17) is 66.9 Å². The van der Waals surface area contributed by atoms with E-state index in [1.54, 1.807) is 70.7 Å². The van der Waals surface area contributed by atoms with Crippen LogP contribution >= 0.6 is 34.9 Å². The van der Waals surface area contributed by atoms with Crippen LogP contribution in [0.2, 0.25) is 64.5 Å². The average molecular weight is 1850 g/mol. The largest absolute Gasteiger partial charge is 0.455 e. The number of hydrogen-bond acceptors (Lipinski definition) is 30. The molecule has 688 valence electrons. The van der Waals surface area contributed by atoms with E-state index >= 15 is 0 Å². The molecule has 0 radical (unpaired) electrons. The number of carbonyl (C=O) groups excluding carboxylic acids is 6. The number of esters is 2. The number of nitrogens with zero attached hydrogens (tertiary/aromatic N) is 13. The van der Waals surface area contributed by atoms with Gasteiger partial charge in [0.15, 0.2) is 49.7 Å². The number of thioether (sulfide) groups is 2. The third kappa shape index (κ3) is 44.1. The van der Waals surface area contributed by atoms with Gasteiger partial charge in [-0.1, -0.05) is 100 Å². The Bertz CT molecular complexity index is 3870. The van der Waals surface area contributed by atoms with Crippen LogP contribution in [0.1, 0.15) is 151 Å². The number of aliphatic hydroxyl groups is 1. The van der Waals surface area contributed by atoms with Crippen molar-refractivity contribution in [3.63, 3.8) is 0 Å². The minimum Gasteiger partial charge on any atom is -0.455 e. The molecule has 8 atom stereocenters. The number of benzene rings is 1. The van der Waals surface area contributed by atoms with E-state index in [1.807, 2.05) is 65.6 Å². The fourth-order valence-corrected chi connectivity index (χ4v) is 35.3. The highest BCUT2D eigenvalue weighted by atomic mass is 32.2. The molecule has 5 rings (SSSR count). The molecule has 0 aliphatic carbocycles. The number of nitrogens with one attached hydrogen (secondary N) is 4. The highest BCUT2D eigenvalue weighted by Gasteiger charge is 2.41. The number of aromatic nitrogens is 5. The lowest BCUT2D eigenvalue weighted by Gasteiger charge is -2.43. The monoisotopic (exact) mass is 1840 g/mol. The Hall–Kier alpha value is -6.62. The number of likely N-dealkylation sites (tertiary alicyclic amines) is 1. The smallest absolute Gasteiger partial charge is 0.412 e. The highest BCUT2D eigenvalue weighted by Crippen LogP contribution is 2.34. The van der Waals surface area contributed by atoms with Crippen molar-refractivity contribution in [2.45, 2.75) is 244 Å². The number of likely N-dealkylation sites (N-methyl/N-ethyl adjacent to an activating group) is 1. The van der Waals surface area contributed by atoms with Crippen molar-refractivity contribution in [2.75, 3.05) is 123 Å². The van der Waals surface area contributed by atoms with Gasteiger partial charge in [0, 0.05) is 126 Å². The van der Waals surface area contributed by atoms with Crippen LogP contribution in [0, 0.1) is 17.8 Å². The van der Waals surface area contributed by atoms with Crippen molar-refractivity contribution in [3.05, 3.63) is 103 Å². The van der Waals surface area contributed by atoms with E-state index in [2.05, 4.69) is 114 Å². The Labute approximate surface area is 743 Å². The number of aliphatic hydroxyl groups excluding tert-OH is 1. The van der Waals surface area contributed by atoms with Crippen LogP contribution < -0.4 is 26.0 Å². The summed E-state index contributed by atoms with van der Waals surface area (Å²) >= 11 is 4.27. The summed E-state index contributed by atoms with van der Waals surface area (Å²) in [5.41, 5.74) is 19.2. The molecule has 4 amide bonds. The van der Waals surface area contributed by atoms with Crippen molar-refractivity contribution >= 4 is 104 Å². The van der Waals surface area contributed by atoms with Crippen LogP contribution in [0.4, 0.5) is 4.79 Å². The fraction of sp³-hybridized carbons (Fsp3) is 0.716. The average Bonchev–Trinajstić information content (AvgIpc) is 1.72. The molecule has 5 N–H and O–H groups in total. The maximum Gasteiger partial charge on any atom is 0.412 e. The molecule has 4 aromatic rings. The molecule has 42 heteroatoms. The molecule has 123 heavy (non-hydrogen) atoms. The fourth-order valence-electron chi connectivity index (χ4n) is 13.8. The predicted octanol–water partition coefficient (Wildman–Crippen LogP) is 13.3. The van der Waals surface area contributed by atoms with E-state index in [0.717, 1.165) is 70.3 Å². The minimum atomic E-state index is -2.22. The summed E-state index contributed by atoms with van der Waals surface area (Å²) in [6.07, 6.45) is 9.84. The zero-order valence-corrected chi connectivity index (χ0v) is 81.6. The molecule has 1 fully saturated rings. The number of hydrogen-bond donors (Lipinski definition) is 5. The van der Waals surface area contributed by atoms with Crippen molar-refractivity contribution in [3.8, 4) is 5.75 Å². The van der Waals surface area contributed by atoms with E-state index in [9.17, 15) is 33.9 Å². The number of thiazole rings is 1. The lowest BCUT2D eigenvalue weighted by Crippen LogP contribution is -2.61. The molecule has 1 aliphatic rings. The van der Waals surface area contributed by atoms with Gasteiger partial charge in [-0.15, -0.1) is 11.3 Å². The van der Waals surface area contributed by atoms with E-state index in [-0.39, 0.29) is 80.9 Å². The van der Waals surface area contributed by atoms with Crippen molar-refractivity contribution in [2.24, 2.45) is 28.0 Å². The summed E-state index contributed by atoms with van der Waals surface area (Å²) in [4.78, 5) is 115. The van der Waals surface area contributed by atoms with E-state index < -0.39 is 93.6 Å². The molecule has 0 spiro atoms. The summed E-state index contributed by atoms with van der Waals surface area (Å²) in [6.45, 7) is 36.8. The van der Waals surface area contributed by atoms with Gasteiger partial charge >= 0.3 is 18.0 Å². The van der Waals surface area contributed by atoms with Crippen LogP contribution in [-0.4, -0.2) is 263 Å². The van der Waals surface area contributed by atoms with Crippen molar-refractivity contribution in [1.82, 2.24) is 56.0 Å². The molecule has 0 bridgehead atoms.